The van der Waals surface area contributed by atoms with Crippen molar-refractivity contribution in [3.8, 4) is 56.4 Å². The van der Waals surface area contributed by atoms with Gasteiger partial charge in [-0.2, -0.15) is 0 Å². The van der Waals surface area contributed by atoms with E-state index in [4.69, 9.17) is 24.3 Å². The molecule has 1 fully saturated rings. The molecule has 2 heterocycles. The fraction of sp³-hybridized carbons (Fsp3) is 0.140. The second-order valence-corrected chi connectivity index (χ2v) is 13.5. The molecular weight excluding hydrogens is 601 g/mol. The topological polar surface area (TPSA) is 57.1 Å². The molecule has 0 aliphatic carbocycles. The van der Waals surface area contributed by atoms with Gasteiger partial charge in [0.05, 0.1) is 11.2 Å². The van der Waals surface area contributed by atoms with Crippen LogP contribution in [0.15, 0.2) is 146 Å². The predicted octanol–water partition coefficient (Wildman–Crippen LogP) is 9.66. The summed E-state index contributed by atoms with van der Waals surface area (Å²) in [4.78, 5) is 14.8. The molecule has 8 rings (SSSR count). The number of hydrogen-bond donors (Lipinski definition) is 0. The Bertz CT molecular complexity index is 2250. The lowest BCUT2D eigenvalue weighted by molar-refractivity contribution is 0.00578. The molecule has 0 N–H and O–H groups in total. The van der Waals surface area contributed by atoms with Gasteiger partial charge in [0.2, 0.25) is 0 Å². The van der Waals surface area contributed by atoms with Crippen molar-refractivity contribution in [2.24, 2.45) is 0 Å². The zero-order valence-corrected chi connectivity index (χ0v) is 28.1. The van der Waals surface area contributed by atoms with Crippen LogP contribution in [0.5, 0.6) is 0 Å². The van der Waals surface area contributed by atoms with Crippen molar-refractivity contribution in [2.45, 2.75) is 38.9 Å². The van der Waals surface area contributed by atoms with E-state index in [2.05, 4.69) is 137 Å². The standard InChI is InChI=1S/C43H36BN3O2/c1-42(2)43(3,4)49-44(48-42)38-28-27-35(36-17-11-12-18-37(36)38)31-21-25-34(26-22-31)41-46-39(32-15-9-6-10-16-32)45-40(47-41)33-23-19-30(20-24-33)29-13-7-5-8-14-29/h5-28H,1-4H3. The zero-order valence-electron chi connectivity index (χ0n) is 28.1. The van der Waals surface area contributed by atoms with Crippen molar-refractivity contribution in [1.82, 2.24) is 15.0 Å². The van der Waals surface area contributed by atoms with Crippen LogP contribution < -0.4 is 5.46 Å². The average Bonchev–Trinajstić information content (AvgIpc) is 3.37. The van der Waals surface area contributed by atoms with Crippen molar-refractivity contribution in [1.29, 1.82) is 0 Å². The highest BCUT2D eigenvalue weighted by molar-refractivity contribution is 6.65. The van der Waals surface area contributed by atoms with Crippen LogP contribution in [0.3, 0.4) is 0 Å². The molecule has 1 saturated heterocycles. The van der Waals surface area contributed by atoms with E-state index < -0.39 is 18.3 Å². The molecule has 5 nitrogen and oxygen atoms in total. The monoisotopic (exact) mass is 637 g/mol. The third-order valence-corrected chi connectivity index (χ3v) is 9.84. The van der Waals surface area contributed by atoms with E-state index >= 15 is 0 Å². The third kappa shape index (κ3) is 5.84. The van der Waals surface area contributed by atoms with Crippen LogP contribution in [0.25, 0.3) is 67.2 Å². The van der Waals surface area contributed by atoms with Gasteiger partial charge in [0.15, 0.2) is 17.5 Å². The van der Waals surface area contributed by atoms with E-state index in [1.165, 1.54) is 5.56 Å². The number of benzene rings is 6. The van der Waals surface area contributed by atoms with Gasteiger partial charge in [-0.1, -0.05) is 146 Å². The Morgan fingerprint density at radius 3 is 1.31 bits per heavy atom. The molecular formula is C43H36BN3O2. The minimum atomic E-state index is -0.433. The van der Waals surface area contributed by atoms with Gasteiger partial charge in [-0.3, -0.25) is 0 Å². The van der Waals surface area contributed by atoms with Crippen molar-refractivity contribution < 1.29 is 9.31 Å². The Balaban J connectivity index is 1.15. The Labute approximate surface area is 287 Å². The first kappa shape index (κ1) is 30.9. The Hall–Kier alpha value is -5.43. The van der Waals surface area contributed by atoms with E-state index in [0.29, 0.717) is 17.5 Å². The smallest absolute Gasteiger partial charge is 0.399 e. The maximum atomic E-state index is 6.44. The first-order valence-electron chi connectivity index (χ1n) is 16.7. The van der Waals surface area contributed by atoms with Crippen LogP contribution in [-0.2, 0) is 9.31 Å². The first-order chi connectivity index (χ1) is 23.8. The number of aromatic nitrogens is 3. The van der Waals surface area contributed by atoms with Gasteiger partial charge >= 0.3 is 7.12 Å². The van der Waals surface area contributed by atoms with E-state index in [9.17, 15) is 0 Å². The summed E-state index contributed by atoms with van der Waals surface area (Å²) in [5.74, 6) is 1.90. The van der Waals surface area contributed by atoms with Gasteiger partial charge in [-0.15, -0.1) is 0 Å². The van der Waals surface area contributed by atoms with Gasteiger partial charge in [0, 0.05) is 16.7 Å². The van der Waals surface area contributed by atoms with Gasteiger partial charge in [-0.05, 0) is 66.2 Å². The molecule has 1 aromatic heterocycles. The summed E-state index contributed by atoms with van der Waals surface area (Å²) >= 11 is 0. The lowest BCUT2D eigenvalue weighted by atomic mass is 9.75. The predicted molar refractivity (Wildman–Crippen MR) is 200 cm³/mol. The molecule has 0 saturated carbocycles. The van der Waals surface area contributed by atoms with Crippen LogP contribution in [0.4, 0.5) is 0 Å². The summed E-state index contributed by atoms with van der Waals surface area (Å²) in [6, 6.07) is 50.1. The molecule has 6 heteroatoms. The van der Waals surface area contributed by atoms with Gasteiger partial charge in [0.25, 0.3) is 0 Å². The number of hydrogen-bond acceptors (Lipinski definition) is 5. The van der Waals surface area contributed by atoms with E-state index in [0.717, 1.165) is 49.6 Å². The van der Waals surface area contributed by atoms with Crippen LogP contribution in [0, 0.1) is 0 Å². The minimum Gasteiger partial charge on any atom is -0.399 e. The summed E-state index contributed by atoms with van der Waals surface area (Å²) in [5, 5.41) is 2.27. The van der Waals surface area contributed by atoms with Crippen LogP contribution in [-0.4, -0.2) is 33.3 Å². The normalized spacial score (nSPS) is 15.1. The molecule has 0 bridgehead atoms. The number of rotatable bonds is 6. The molecule has 0 amide bonds. The fourth-order valence-electron chi connectivity index (χ4n) is 6.34. The summed E-state index contributed by atoms with van der Waals surface area (Å²) in [7, 11) is -0.433. The highest BCUT2D eigenvalue weighted by Gasteiger charge is 2.52. The zero-order chi connectivity index (χ0) is 33.6. The van der Waals surface area contributed by atoms with Crippen LogP contribution >= 0.6 is 0 Å². The molecule has 0 unspecified atom stereocenters. The summed E-state index contributed by atoms with van der Waals surface area (Å²) < 4.78 is 12.9. The van der Waals surface area contributed by atoms with Gasteiger partial charge in [0.1, 0.15) is 0 Å². The molecule has 7 aromatic rings. The minimum absolute atomic E-state index is 0.409. The largest absolute Gasteiger partial charge is 0.495 e. The highest BCUT2D eigenvalue weighted by Crippen LogP contribution is 2.38. The second-order valence-electron chi connectivity index (χ2n) is 13.5. The lowest BCUT2D eigenvalue weighted by Gasteiger charge is -2.32. The summed E-state index contributed by atoms with van der Waals surface area (Å²) in [6.07, 6.45) is 0. The molecule has 6 aromatic carbocycles. The van der Waals surface area contributed by atoms with Crippen molar-refractivity contribution in [3.63, 3.8) is 0 Å². The van der Waals surface area contributed by atoms with Crippen molar-refractivity contribution >= 4 is 23.4 Å². The second kappa shape index (κ2) is 12.2. The number of nitrogens with zero attached hydrogens (tertiary/aromatic N) is 3. The highest BCUT2D eigenvalue weighted by atomic mass is 16.7. The molecule has 1 aliphatic rings. The van der Waals surface area contributed by atoms with E-state index in [1.54, 1.807) is 0 Å². The SMILES string of the molecule is CC1(C)OB(c2ccc(-c3ccc(-c4nc(-c5ccccc5)nc(-c5ccc(-c6ccccc6)cc5)n4)cc3)c3ccccc23)OC1(C)C. The summed E-state index contributed by atoms with van der Waals surface area (Å²) in [6.45, 7) is 8.35. The maximum Gasteiger partial charge on any atom is 0.495 e. The molecule has 0 spiro atoms. The average molecular weight is 638 g/mol. The van der Waals surface area contributed by atoms with Crippen molar-refractivity contribution in [3.05, 3.63) is 146 Å². The molecule has 0 radical (unpaired) electrons. The molecule has 238 valence electrons. The Kier molecular flexibility index (Phi) is 7.71. The molecule has 1 aliphatic heterocycles. The molecule has 0 atom stereocenters. The van der Waals surface area contributed by atoms with E-state index in [-0.39, 0.29) is 0 Å². The van der Waals surface area contributed by atoms with Crippen molar-refractivity contribution in [2.75, 3.05) is 0 Å². The van der Waals surface area contributed by atoms with E-state index in [1.807, 2.05) is 36.4 Å². The van der Waals surface area contributed by atoms with Crippen LogP contribution in [0.1, 0.15) is 27.7 Å². The quantitative estimate of drug-likeness (QED) is 0.170. The fourth-order valence-corrected chi connectivity index (χ4v) is 6.34. The Morgan fingerprint density at radius 2 is 0.776 bits per heavy atom. The first-order valence-corrected chi connectivity index (χ1v) is 16.7. The molecule has 49 heavy (non-hydrogen) atoms. The summed E-state index contributed by atoms with van der Waals surface area (Å²) in [5.41, 5.74) is 7.59. The lowest BCUT2D eigenvalue weighted by Crippen LogP contribution is -2.41. The Morgan fingerprint density at radius 1 is 0.388 bits per heavy atom. The van der Waals surface area contributed by atoms with Gasteiger partial charge in [-0.25, -0.2) is 15.0 Å². The number of fused-ring (bicyclic) bond motifs is 1. The van der Waals surface area contributed by atoms with Crippen LogP contribution in [0.2, 0.25) is 0 Å². The van der Waals surface area contributed by atoms with Gasteiger partial charge < -0.3 is 9.31 Å². The third-order valence-electron chi connectivity index (χ3n) is 9.84. The maximum absolute atomic E-state index is 6.44.